The molecule has 160 valence electrons. The normalized spacial score (nSPS) is 11.6. The summed E-state index contributed by atoms with van der Waals surface area (Å²) in [5, 5.41) is 2.83. The minimum atomic E-state index is 1.23. The first-order valence-electron chi connectivity index (χ1n) is 12.5. The Morgan fingerprint density at radius 1 is 0.552 bits per heavy atom. The molecular formula is C29H44. The van der Waals surface area contributed by atoms with Gasteiger partial charge in [-0.2, -0.15) is 0 Å². The molecule has 2 aromatic rings. The summed E-state index contributed by atoms with van der Waals surface area (Å²) in [7, 11) is 0. The van der Waals surface area contributed by atoms with Crippen LogP contribution in [0.15, 0.2) is 54.6 Å². The van der Waals surface area contributed by atoms with Gasteiger partial charge in [0.2, 0.25) is 0 Å². The molecule has 0 aromatic heterocycles. The maximum absolute atomic E-state index is 2.42. The van der Waals surface area contributed by atoms with Gasteiger partial charge in [0, 0.05) is 0 Å². The minimum absolute atomic E-state index is 1.23. The van der Waals surface area contributed by atoms with E-state index in [0.29, 0.717) is 0 Å². The van der Waals surface area contributed by atoms with E-state index >= 15 is 0 Å². The van der Waals surface area contributed by atoms with E-state index in [1.54, 1.807) is 0 Å². The van der Waals surface area contributed by atoms with E-state index in [1.807, 2.05) is 0 Å². The van der Waals surface area contributed by atoms with Gasteiger partial charge in [-0.15, -0.1) is 0 Å². The Balaban J connectivity index is 1.38. The molecular weight excluding hydrogens is 348 g/mol. The molecule has 0 nitrogen and oxygen atoms in total. The van der Waals surface area contributed by atoms with Gasteiger partial charge in [-0.25, -0.2) is 0 Å². The lowest BCUT2D eigenvalue weighted by molar-refractivity contribution is 0.569. The Kier molecular flexibility index (Phi) is 13.3. The zero-order valence-corrected chi connectivity index (χ0v) is 19.0. The van der Waals surface area contributed by atoms with E-state index in [2.05, 4.69) is 61.5 Å². The zero-order chi connectivity index (χ0) is 20.4. The first-order valence-corrected chi connectivity index (χ1v) is 12.5. The molecule has 0 fully saturated rings. The lowest BCUT2D eigenvalue weighted by atomic mass is 9.99. The fourth-order valence-corrected chi connectivity index (χ4v) is 4.25. The molecule has 0 bridgehead atoms. The summed E-state index contributed by atoms with van der Waals surface area (Å²) in [4.78, 5) is 0. The number of rotatable bonds is 17. The molecule has 0 aliphatic rings. The summed E-state index contributed by atoms with van der Waals surface area (Å²) < 4.78 is 0. The van der Waals surface area contributed by atoms with Crippen molar-refractivity contribution in [1.82, 2.24) is 0 Å². The third kappa shape index (κ3) is 10.7. The Bertz CT molecular complexity index is 661. The van der Waals surface area contributed by atoms with Crippen molar-refractivity contribution in [3.8, 4) is 0 Å². The van der Waals surface area contributed by atoms with Gasteiger partial charge >= 0.3 is 0 Å². The van der Waals surface area contributed by atoms with Crippen LogP contribution in [0.25, 0.3) is 10.8 Å². The van der Waals surface area contributed by atoms with E-state index in [4.69, 9.17) is 0 Å². The lowest BCUT2D eigenvalue weighted by Gasteiger charge is -2.06. The molecule has 0 saturated carbocycles. The number of hydrogen-bond acceptors (Lipinski definition) is 0. The zero-order valence-electron chi connectivity index (χ0n) is 19.0. The first-order chi connectivity index (χ1) is 14.4. The summed E-state index contributed by atoms with van der Waals surface area (Å²) in [6.45, 7) is 2.29. The van der Waals surface area contributed by atoms with Crippen molar-refractivity contribution >= 4 is 10.8 Å². The molecule has 0 amide bonds. The highest BCUT2D eigenvalue weighted by molar-refractivity contribution is 5.85. The quantitative estimate of drug-likeness (QED) is 0.185. The van der Waals surface area contributed by atoms with Crippen LogP contribution in [0.3, 0.4) is 0 Å². The highest BCUT2D eigenvalue weighted by Crippen LogP contribution is 2.21. The molecule has 0 spiro atoms. The standard InChI is InChI=1S/C29H44/c1-2-3-4-5-6-7-8-9-10-11-12-13-14-15-16-17-18-22-27-24-21-25-28-23-19-20-26-29(27)28/h8-9,19-21,23-26H,2-7,10-18,22H2,1H3/b9-8+. The van der Waals surface area contributed by atoms with Gasteiger partial charge in [-0.3, -0.25) is 0 Å². The van der Waals surface area contributed by atoms with E-state index in [1.165, 1.54) is 119 Å². The Labute approximate surface area is 180 Å². The van der Waals surface area contributed by atoms with E-state index in [-0.39, 0.29) is 0 Å². The minimum Gasteiger partial charge on any atom is -0.0885 e. The molecule has 0 heteroatoms. The predicted molar refractivity (Wildman–Crippen MR) is 132 cm³/mol. The second-order valence-electron chi connectivity index (χ2n) is 8.68. The van der Waals surface area contributed by atoms with E-state index in [0.717, 1.165) is 0 Å². The average molecular weight is 393 g/mol. The van der Waals surface area contributed by atoms with Crippen LogP contribution >= 0.6 is 0 Å². The summed E-state index contributed by atoms with van der Waals surface area (Å²) >= 11 is 0. The average Bonchev–Trinajstić information content (AvgIpc) is 2.76. The summed E-state index contributed by atoms with van der Waals surface area (Å²) in [5.74, 6) is 0. The molecule has 0 saturated heterocycles. The molecule has 29 heavy (non-hydrogen) atoms. The van der Waals surface area contributed by atoms with Crippen LogP contribution in [0.5, 0.6) is 0 Å². The number of allylic oxidation sites excluding steroid dienone is 2. The molecule has 2 rings (SSSR count). The van der Waals surface area contributed by atoms with Crippen molar-refractivity contribution < 1.29 is 0 Å². The van der Waals surface area contributed by atoms with Crippen LogP contribution in [0.2, 0.25) is 0 Å². The van der Waals surface area contributed by atoms with Crippen molar-refractivity contribution in [1.29, 1.82) is 0 Å². The smallest absolute Gasteiger partial charge is 0.0152 e. The predicted octanol–water partition coefficient (Wildman–Crippen LogP) is 9.81. The van der Waals surface area contributed by atoms with Gasteiger partial charge in [-0.1, -0.05) is 126 Å². The van der Waals surface area contributed by atoms with Crippen LogP contribution in [0, 0.1) is 0 Å². The van der Waals surface area contributed by atoms with Gasteiger partial charge < -0.3 is 0 Å². The highest BCUT2D eigenvalue weighted by atomic mass is 14.1. The third-order valence-electron chi connectivity index (χ3n) is 6.09. The highest BCUT2D eigenvalue weighted by Gasteiger charge is 2.00. The monoisotopic (exact) mass is 392 g/mol. The number of fused-ring (bicyclic) bond motifs is 1. The SMILES string of the molecule is CCCCCCC/C=C/CCCCCCCCCCc1cccc2ccccc12. The fourth-order valence-electron chi connectivity index (χ4n) is 4.25. The first kappa shape index (κ1) is 23.7. The largest absolute Gasteiger partial charge is 0.0885 e. The number of aryl methyl sites for hydroxylation is 1. The van der Waals surface area contributed by atoms with Gasteiger partial charge in [0.25, 0.3) is 0 Å². The second kappa shape index (κ2) is 16.3. The summed E-state index contributed by atoms with van der Waals surface area (Å²) in [5.41, 5.74) is 1.53. The fraction of sp³-hybridized carbons (Fsp3) is 0.586. The molecule has 0 atom stereocenters. The van der Waals surface area contributed by atoms with Crippen molar-refractivity contribution in [3.63, 3.8) is 0 Å². The van der Waals surface area contributed by atoms with Gasteiger partial charge in [0.1, 0.15) is 0 Å². The van der Waals surface area contributed by atoms with E-state index < -0.39 is 0 Å². The number of hydrogen-bond donors (Lipinski definition) is 0. The lowest BCUT2D eigenvalue weighted by Crippen LogP contribution is -1.88. The maximum Gasteiger partial charge on any atom is -0.0152 e. The number of unbranched alkanes of at least 4 members (excludes halogenated alkanes) is 13. The summed E-state index contributed by atoms with van der Waals surface area (Å²) in [6, 6.07) is 15.5. The van der Waals surface area contributed by atoms with Crippen LogP contribution in [0.4, 0.5) is 0 Å². The molecule has 2 aromatic carbocycles. The maximum atomic E-state index is 2.42. The Morgan fingerprint density at radius 3 is 1.79 bits per heavy atom. The number of benzene rings is 2. The second-order valence-corrected chi connectivity index (χ2v) is 8.68. The van der Waals surface area contributed by atoms with Crippen LogP contribution in [-0.4, -0.2) is 0 Å². The molecule has 0 unspecified atom stereocenters. The third-order valence-corrected chi connectivity index (χ3v) is 6.09. The van der Waals surface area contributed by atoms with Crippen LogP contribution in [-0.2, 0) is 6.42 Å². The molecule has 0 radical (unpaired) electrons. The van der Waals surface area contributed by atoms with Crippen molar-refractivity contribution in [2.45, 2.75) is 110 Å². The van der Waals surface area contributed by atoms with Crippen molar-refractivity contribution in [2.75, 3.05) is 0 Å². The topological polar surface area (TPSA) is 0 Å². The Hall–Kier alpha value is -1.56. The molecule has 0 aliphatic carbocycles. The van der Waals surface area contributed by atoms with Gasteiger partial charge in [0.05, 0.1) is 0 Å². The van der Waals surface area contributed by atoms with Gasteiger partial charge in [-0.05, 0) is 54.9 Å². The van der Waals surface area contributed by atoms with Crippen molar-refractivity contribution in [3.05, 3.63) is 60.2 Å². The van der Waals surface area contributed by atoms with Crippen molar-refractivity contribution in [2.24, 2.45) is 0 Å². The Morgan fingerprint density at radius 2 is 1.10 bits per heavy atom. The van der Waals surface area contributed by atoms with Crippen LogP contribution < -0.4 is 0 Å². The summed E-state index contributed by atoms with van der Waals surface area (Å²) in [6.07, 6.45) is 26.8. The van der Waals surface area contributed by atoms with Crippen LogP contribution in [0.1, 0.15) is 109 Å². The van der Waals surface area contributed by atoms with Gasteiger partial charge in [0.15, 0.2) is 0 Å². The molecule has 0 heterocycles. The van der Waals surface area contributed by atoms with E-state index in [9.17, 15) is 0 Å². The molecule has 0 aliphatic heterocycles. The molecule has 0 N–H and O–H groups in total.